The molecule has 0 fully saturated rings. The Bertz CT molecular complexity index is 831. The molecule has 0 radical (unpaired) electrons. The molecule has 5 nitrogen and oxygen atoms in total. The summed E-state index contributed by atoms with van der Waals surface area (Å²) >= 11 is 0. The lowest BCUT2D eigenvalue weighted by Gasteiger charge is -2.16. The Morgan fingerprint density at radius 2 is 1.61 bits per heavy atom. The third kappa shape index (κ3) is 6.09. The highest BCUT2D eigenvalue weighted by atomic mass is 19.2. The molecule has 2 aromatic rings. The van der Waals surface area contributed by atoms with Gasteiger partial charge in [0.25, 0.3) is 11.8 Å². The first-order valence-corrected chi connectivity index (χ1v) is 8.84. The molecular weight excluding hydrogens is 371 g/mol. The van der Waals surface area contributed by atoms with E-state index in [2.05, 4.69) is 10.6 Å². The van der Waals surface area contributed by atoms with Gasteiger partial charge in [0, 0.05) is 6.54 Å². The number of halogens is 3. The summed E-state index contributed by atoms with van der Waals surface area (Å²) in [5.74, 6) is -5.14. The van der Waals surface area contributed by atoms with Gasteiger partial charge in [0.05, 0.1) is 12.7 Å². The minimum Gasteiger partial charge on any atom is -0.351 e. The highest BCUT2D eigenvalue weighted by molar-refractivity contribution is 5.91. The van der Waals surface area contributed by atoms with Crippen LogP contribution in [0, 0.1) is 17.5 Å². The summed E-state index contributed by atoms with van der Waals surface area (Å²) in [5.41, 5.74) is 0.661. The number of likely N-dealkylation sites (N-methyl/N-ethyl adjacent to an activating group) is 1. The van der Waals surface area contributed by atoms with E-state index in [1.54, 1.807) is 7.05 Å². The summed E-state index contributed by atoms with van der Waals surface area (Å²) in [6.45, 7) is 2.35. The fourth-order valence-corrected chi connectivity index (χ4v) is 2.66. The SMILES string of the molecule is C[C@@H](CNC(=O)C[NH+](C)CC(=O)Nc1ccc(F)c(F)c1F)c1ccccc1. The van der Waals surface area contributed by atoms with E-state index in [0.717, 1.165) is 17.7 Å². The number of rotatable bonds is 8. The number of nitrogens with one attached hydrogen (secondary N) is 3. The second-order valence-electron chi connectivity index (χ2n) is 6.70. The molecule has 0 aliphatic rings. The van der Waals surface area contributed by atoms with Crippen molar-refractivity contribution in [3.8, 4) is 0 Å². The second-order valence-corrected chi connectivity index (χ2v) is 6.70. The third-order valence-corrected chi connectivity index (χ3v) is 4.21. The molecule has 0 aliphatic heterocycles. The normalized spacial score (nSPS) is 12.9. The van der Waals surface area contributed by atoms with Crippen LogP contribution in [0.2, 0.25) is 0 Å². The lowest BCUT2D eigenvalue weighted by molar-refractivity contribution is -0.862. The van der Waals surface area contributed by atoms with Gasteiger partial charge in [-0.2, -0.15) is 0 Å². The number of amides is 2. The molecule has 28 heavy (non-hydrogen) atoms. The van der Waals surface area contributed by atoms with Gasteiger partial charge in [-0.3, -0.25) is 9.59 Å². The topological polar surface area (TPSA) is 62.6 Å². The van der Waals surface area contributed by atoms with E-state index in [0.29, 0.717) is 11.4 Å². The number of carbonyl (C=O) groups is 2. The standard InChI is InChI=1S/C20H22F3N3O2/c1-13(14-6-4-3-5-7-14)10-24-17(27)11-26(2)12-18(28)25-16-9-8-15(21)19(22)20(16)23/h3-9,13H,10-12H2,1-2H3,(H,24,27)(H,25,28)/p+1/t13-/m0/s1. The van der Waals surface area contributed by atoms with Crippen molar-refractivity contribution in [2.24, 2.45) is 0 Å². The zero-order chi connectivity index (χ0) is 20.7. The van der Waals surface area contributed by atoms with Gasteiger partial charge in [0.1, 0.15) is 0 Å². The van der Waals surface area contributed by atoms with E-state index in [-0.39, 0.29) is 24.9 Å². The predicted molar refractivity (Wildman–Crippen MR) is 99.4 cm³/mol. The Balaban J connectivity index is 1.78. The van der Waals surface area contributed by atoms with Crippen molar-refractivity contribution in [3.05, 3.63) is 65.5 Å². The summed E-state index contributed by atoms with van der Waals surface area (Å²) in [5, 5.41) is 5.00. The third-order valence-electron chi connectivity index (χ3n) is 4.21. The first kappa shape index (κ1) is 21.4. The minimum absolute atomic E-state index is 0.0369. The molecule has 0 bridgehead atoms. The molecule has 1 unspecified atom stereocenters. The summed E-state index contributed by atoms with van der Waals surface area (Å²) in [4.78, 5) is 24.6. The van der Waals surface area contributed by atoms with E-state index in [1.807, 2.05) is 37.3 Å². The van der Waals surface area contributed by atoms with Crippen molar-refractivity contribution in [2.75, 3.05) is 32.0 Å². The Morgan fingerprint density at radius 3 is 2.29 bits per heavy atom. The van der Waals surface area contributed by atoms with Gasteiger partial charge in [-0.05, 0) is 23.6 Å². The van der Waals surface area contributed by atoms with E-state index in [9.17, 15) is 22.8 Å². The number of carbonyl (C=O) groups excluding carboxylic acids is 2. The Kier molecular flexibility index (Phi) is 7.57. The van der Waals surface area contributed by atoms with Crippen LogP contribution in [-0.2, 0) is 9.59 Å². The molecule has 2 atom stereocenters. The van der Waals surface area contributed by atoms with Crippen molar-refractivity contribution >= 4 is 17.5 Å². The first-order valence-electron chi connectivity index (χ1n) is 8.84. The van der Waals surface area contributed by atoms with Crippen LogP contribution in [0.25, 0.3) is 0 Å². The van der Waals surface area contributed by atoms with Crippen LogP contribution in [0.4, 0.5) is 18.9 Å². The predicted octanol–water partition coefficient (Wildman–Crippen LogP) is 1.48. The molecular formula is C20H23F3N3O2+. The molecule has 0 saturated carbocycles. The fraction of sp³-hybridized carbons (Fsp3) is 0.300. The smallest absolute Gasteiger partial charge is 0.279 e. The van der Waals surface area contributed by atoms with Crippen LogP contribution < -0.4 is 15.5 Å². The largest absolute Gasteiger partial charge is 0.351 e. The zero-order valence-corrected chi connectivity index (χ0v) is 15.7. The number of anilines is 1. The molecule has 2 aromatic carbocycles. The summed E-state index contributed by atoms with van der Waals surface area (Å²) in [6, 6.07) is 11.4. The minimum atomic E-state index is -1.65. The average Bonchev–Trinajstić information content (AvgIpc) is 2.67. The van der Waals surface area contributed by atoms with E-state index < -0.39 is 29.0 Å². The van der Waals surface area contributed by atoms with Crippen molar-refractivity contribution < 1.29 is 27.7 Å². The average molecular weight is 394 g/mol. The number of hydrogen-bond acceptors (Lipinski definition) is 2. The highest BCUT2D eigenvalue weighted by Gasteiger charge is 2.18. The quantitative estimate of drug-likeness (QED) is 0.594. The van der Waals surface area contributed by atoms with Gasteiger partial charge in [-0.15, -0.1) is 0 Å². The second kappa shape index (κ2) is 9.89. The molecule has 3 N–H and O–H groups in total. The Hall–Kier alpha value is -2.87. The van der Waals surface area contributed by atoms with Crippen LogP contribution in [-0.4, -0.2) is 38.5 Å². The monoisotopic (exact) mass is 394 g/mol. The maximum Gasteiger partial charge on any atom is 0.279 e. The molecule has 0 heterocycles. The molecule has 0 spiro atoms. The molecule has 2 rings (SSSR count). The van der Waals surface area contributed by atoms with Gasteiger partial charge in [-0.1, -0.05) is 37.3 Å². The van der Waals surface area contributed by atoms with Gasteiger partial charge in [0.2, 0.25) is 0 Å². The maximum atomic E-state index is 13.6. The van der Waals surface area contributed by atoms with Gasteiger partial charge < -0.3 is 15.5 Å². The fourth-order valence-electron chi connectivity index (χ4n) is 2.66. The van der Waals surface area contributed by atoms with Crippen LogP contribution >= 0.6 is 0 Å². The first-order chi connectivity index (χ1) is 13.3. The van der Waals surface area contributed by atoms with E-state index in [1.165, 1.54) is 0 Å². The van der Waals surface area contributed by atoms with Crippen LogP contribution in [0.3, 0.4) is 0 Å². The van der Waals surface area contributed by atoms with Crippen LogP contribution in [0.1, 0.15) is 18.4 Å². The molecule has 0 saturated heterocycles. The Labute approximate surface area is 161 Å². The number of hydrogen-bond donors (Lipinski definition) is 3. The lowest BCUT2D eigenvalue weighted by Crippen LogP contribution is -3.11. The van der Waals surface area contributed by atoms with E-state index in [4.69, 9.17) is 0 Å². The molecule has 0 aliphatic carbocycles. The zero-order valence-electron chi connectivity index (χ0n) is 15.7. The van der Waals surface area contributed by atoms with Crippen molar-refractivity contribution in [1.29, 1.82) is 0 Å². The number of quaternary nitrogens is 1. The molecule has 2 amide bonds. The number of benzene rings is 2. The van der Waals surface area contributed by atoms with Crippen LogP contribution in [0.5, 0.6) is 0 Å². The summed E-state index contributed by atoms with van der Waals surface area (Å²) in [6.07, 6.45) is 0. The lowest BCUT2D eigenvalue weighted by atomic mass is 10.0. The van der Waals surface area contributed by atoms with Gasteiger partial charge in [-0.25, -0.2) is 13.2 Å². The summed E-state index contributed by atoms with van der Waals surface area (Å²) < 4.78 is 39.7. The maximum absolute atomic E-state index is 13.6. The summed E-state index contributed by atoms with van der Waals surface area (Å²) in [7, 11) is 1.63. The highest BCUT2D eigenvalue weighted by Crippen LogP contribution is 2.19. The van der Waals surface area contributed by atoms with E-state index >= 15 is 0 Å². The van der Waals surface area contributed by atoms with Crippen LogP contribution in [0.15, 0.2) is 42.5 Å². The molecule has 8 heteroatoms. The molecule has 0 aromatic heterocycles. The van der Waals surface area contributed by atoms with Gasteiger partial charge >= 0.3 is 0 Å². The van der Waals surface area contributed by atoms with Gasteiger partial charge in [0.15, 0.2) is 30.5 Å². The van der Waals surface area contributed by atoms with Crippen molar-refractivity contribution in [1.82, 2.24) is 5.32 Å². The molecule has 150 valence electrons. The van der Waals surface area contributed by atoms with Crippen molar-refractivity contribution in [2.45, 2.75) is 12.8 Å². The Morgan fingerprint density at radius 1 is 0.964 bits per heavy atom. The van der Waals surface area contributed by atoms with Crippen molar-refractivity contribution in [3.63, 3.8) is 0 Å².